The first-order valence-electron chi connectivity index (χ1n) is 5.49. The summed E-state index contributed by atoms with van der Waals surface area (Å²) in [5, 5.41) is 0. The van der Waals surface area contributed by atoms with Gasteiger partial charge in [-0.3, -0.25) is 0 Å². The summed E-state index contributed by atoms with van der Waals surface area (Å²) in [5.41, 5.74) is 0. The van der Waals surface area contributed by atoms with Crippen molar-refractivity contribution in [2.45, 2.75) is 45.4 Å². The zero-order valence-electron chi connectivity index (χ0n) is 8.05. The standard InChI is InChI=1S/C12H19/c1-2-10-7-5-8-11-6-3-4-9-12(10)11/h5,10-12H,2-4,6-7,9H2,1H3. The Labute approximate surface area is 76.1 Å². The average Bonchev–Trinajstić information content (AvgIpc) is 2.17. The number of allylic oxidation sites excluding steroid dienone is 2. The topological polar surface area (TPSA) is 0 Å². The van der Waals surface area contributed by atoms with Gasteiger partial charge in [-0.1, -0.05) is 32.3 Å². The second-order valence-electron chi connectivity index (χ2n) is 4.33. The molecule has 0 N–H and O–H groups in total. The van der Waals surface area contributed by atoms with E-state index in [1.54, 1.807) is 0 Å². The zero-order chi connectivity index (χ0) is 8.39. The summed E-state index contributed by atoms with van der Waals surface area (Å²) >= 11 is 0. The summed E-state index contributed by atoms with van der Waals surface area (Å²) in [6, 6.07) is 0. The van der Waals surface area contributed by atoms with Gasteiger partial charge >= 0.3 is 0 Å². The second kappa shape index (κ2) is 3.64. The lowest BCUT2D eigenvalue weighted by Crippen LogP contribution is -2.28. The molecule has 0 bridgehead atoms. The minimum absolute atomic E-state index is 0.831. The summed E-state index contributed by atoms with van der Waals surface area (Å²) in [7, 11) is 0. The Morgan fingerprint density at radius 2 is 2.17 bits per heavy atom. The maximum Gasteiger partial charge on any atom is -0.0131 e. The first-order valence-corrected chi connectivity index (χ1v) is 5.49. The summed E-state index contributed by atoms with van der Waals surface area (Å²) in [4.78, 5) is 0. The Morgan fingerprint density at radius 3 is 3.00 bits per heavy atom. The van der Waals surface area contributed by atoms with Crippen molar-refractivity contribution in [3.05, 3.63) is 12.2 Å². The Balaban J connectivity index is 2.07. The molecule has 1 saturated carbocycles. The Morgan fingerprint density at radius 1 is 1.33 bits per heavy atom. The molecule has 0 saturated heterocycles. The minimum Gasteiger partial charge on any atom is -0.0805 e. The van der Waals surface area contributed by atoms with Gasteiger partial charge in [0.1, 0.15) is 0 Å². The van der Waals surface area contributed by atoms with Gasteiger partial charge in [-0.25, -0.2) is 0 Å². The van der Waals surface area contributed by atoms with Crippen molar-refractivity contribution < 1.29 is 0 Å². The molecule has 0 heterocycles. The first kappa shape index (κ1) is 8.34. The van der Waals surface area contributed by atoms with Gasteiger partial charge in [-0.15, -0.1) is 0 Å². The fraction of sp³-hybridized carbons (Fsp3) is 0.833. The molecule has 2 aliphatic carbocycles. The molecule has 3 atom stereocenters. The number of rotatable bonds is 1. The fourth-order valence-corrected chi connectivity index (χ4v) is 2.95. The third-order valence-electron chi connectivity index (χ3n) is 3.70. The van der Waals surface area contributed by atoms with Crippen LogP contribution in [0, 0.1) is 23.8 Å². The molecule has 1 fully saturated rings. The van der Waals surface area contributed by atoms with Crippen LogP contribution in [0.15, 0.2) is 6.08 Å². The van der Waals surface area contributed by atoms with Crippen LogP contribution >= 0.6 is 0 Å². The molecule has 3 unspecified atom stereocenters. The first-order chi connectivity index (χ1) is 5.92. The number of fused-ring (bicyclic) bond motifs is 1. The van der Waals surface area contributed by atoms with Gasteiger partial charge < -0.3 is 0 Å². The van der Waals surface area contributed by atoms with Gasteiger partial charge in [0, 0.05) is 0 Å². The van der Waals surface area contributed by atoms with Gasteiger partial charge in [0.15, 0.2) is 0 Å². The monoisotopic (exact) mass is 163 g/mol. The van der Waals surface area contributed by atoms with Crippen LogP contribution in [0.1, 0.15) is 45.4 Å². The molecule has 0 amide bonds. The molecule has 0 heteroatoms. The van der Waals surface area contributed by atoms with Crippen LogP contribution in [-0.2, 0) is 0 Å². The van der Waals surface area contributed by atoms with E-state index in [2.05, 4.69) is 19.1 Å². The predicted octanol–water partition coefficient (Wildman–Crippen LogP) is 3.58. The molecule has 0 nitrogen and oxygen atoms in total. The highest BCUT2D eigenvalue weighted by Gasteiger charge is 2.31. The van der Waals surface area contributed by atoms with Gasteiger partial charge in [0.05, 0.1) is 0 Å². The zero-order valence-corrected chi connectivity index (χ0v) is 8.05. The highest BCUT2D eigenvalue weighted by molar-refractivity contribution is 4.96. The quantitative estimate of drug-likeness (QED) is 0.554. The van der Waals surface area contributed by atoms with Gasteiger partial charge in [-0.2, -0.15) is 0 Å². The van der Waals surface area contributed by atoms with E-state index in [1.165, 1.54) is 38.5 Å². The van der Waals surface area contributed by atoms with Crippen LogP contribution in [0.25, 0.3) is 0 Å². The van der Waals surface area contributed by atoms with Crippen molar-refractivity contribution >= 4 is 0 Å². The van der Waals surface area contributed by atoms with Crippen LogP contribution in [0.3, 0.4) is 0 Å². The fourth-order valence-electron chi connectivity index (χ4n) is 2.95. The van der Waals surface area contributed by atoms with Gasteiger partial charge in [-0.05, 0) is 43.1 Å². The largest absolute Gasteiger partial charge is 0.0805 e. The molecule has 0 aliphatic heterocycles. The summed E-state index contributed by atoms with van der Waals surface area (Å²) in [5.74, 6) is 2.81. The van der Waals surface area contributed by atoms with E-state index in [0.29, 0.717) is 0 Å². The van der Waals surface area contributed by atoms with Crippen LogP contribution in [0.2, 0.25) is 0 Å². The van der Waals surface area contributed by atoms with Crippen LogP contribution in [0.4, 0.5) is 0 Å². The van der Waals surface area contributed by atoms with Crippen molar-refractivity contribution in [1.82, 2.24) is 0 Å². The number of hydrogen-bond acceptors (Lipinski definition) is 0. The maximum atomic E-state index is 3.56. The van der Waals surface area contributed by atoms with E-state index in [9.17, 15) is 0 Å². The molecular weight excluding hydrogens is 144 g/mol. The molecule has 12 heavy (non-hydrogen) atoms. The minimum atomic E-state index is 0.831. The summed E-state index contributed by atoms with van der Waals surface area (Å²) in [6.45, 7) is 2.34. The molecule has 0 spiro atoms. The molecule has 0 aromatic rings. The van der Waals surface area contributed by atoms with Gasteiger partial charge in [0.2, 0.25) is 0 Å². The second-order valence-corrected chi connectivity index (χ2v) is 4.33. The highest BCUT2D eigenvalue weighted by Crippen LogP contribution is 2.41. The maximum absolute atomic E-state index is 3.56. The van der Waals surface area contributed by atoms with E-state index < -0.39 is 0 Å². The molecule has 0 aromatic carbocycles. The van der Waals surface area contributed by atoms with Crippen LogP contribution in [-0.4, -0.2) is 0 Å². The third-order valence-corrected chi connectivity index (χ3v) is 3.70. The third kappa shape index (κ3) is 1.44. The van der Waals surface area contributed by atoms with Crippen molar-refractivity contribution in [2.75, 3.05) is 0 Å². The Bertz CT molecular complexity index is 169. The molecular formula is C12H19. The van der Waals surface area contributed by atoms with Crippen molar-refractivity contribution in [3.63, 3.8) is 0 Å². The summed E-state index contributed by atoms with van der Waals surface area (Å²) < 4.78 is 0. The normalized spacial score (nSPS) is 40.9. The molecule has 2 rings (SSSR count). The van der Waals surface area contributed by atoms with Crippen molar-refractivity contribution in [3.8, 4) is 0 Å². The SMILES string of the molecule is CCC1CC=[C]C2CCCCC21. The summed E-state index contributed by atoms with van der Waals surface area (Å²) in [6.07, 6.45) is 14.3. The van der Waals surface area contributed by atoms with Gasteiger partial charge in [0.25, 0.3) is 0 Å². The molecule has 2 aliphatic rings. The lowest BCUT2D eigenvalue weighted by Gasteiger charge is -2.37. The Kier molecular flexibility index (Phi) is 2.53. The van der Waals surface area contributed by atoms with E-state index in [4.69, 9.17) is 0 Å². The molecule has 1 radical (unpaired) electrons. The molecule has 0 aromatic heterocycles. The van der Waals surface area contributed by atoms with E-state index in [1.807, 2.05) is 0 Å². The lowest BCUT2D eigenvalue weighted by atomic mass is 9.68. The average molecular weight is 163 g/mol. The van der Waals surface area contributed by atoms with E-state index in [-0.39, 0.29) is 0 Å². The van der Waals surface area contributed by atoms with E-state index >= 15 is 0 Å². The lowest BCUT2D eigenvalue weighted by molar-refractivity contribution is 0.173. The number of hydrogen-bond donors (Lipinski definition) is 0. The van der Waals surface area contributed by atoms with E-state index in [0.717, 1.165) is 17.8 Å². The van der Waals surface area contributed by atoms with Crippen LogP contribution < -0.4 is 0 Å². The van der Waals surface area contributed by atoms with Crippen LogP contribution in [0.5, 0.6) is 0 Å². The van der Waals surface area contributed by atoms with Crippen molar-refractivity contribution in [2.24, 2.45) is 17.8 Å². The predicted molar refractivity (Wildman–Crippen MR) is 51.7 cm³/mol. The highest BCUT2D eigenvalue weighted by atomic mass is 14.4. The Hall–Kier alpha value is -0.260. The van der Waals surface area contributed by atoms with Crippen molar-refractivity contribution in [1.29, 1.82) is 0 Å². The molecule has 67 valence electrons. The smallest absolute Gasteiger partial charge is 0.0131 e.